The van der Waals surface area contributed by atoms with Crippen LogP contribution in [0.1, 0.15) is 39.2 Å². The van der Waals surface area contributed by atoms with Crippen LogP contribution >= 0.6 is 0 Å². The van der Waals surface area contributed by atoms with Gasteiger partial charge in [0.05, 0.1) is 6.54 Å². The summed E-state index contributed by atoms with van der Waals surface area (Å²) >= 11 is 0. The number of carboxylic acids is 1. The molecule has 0 unspecified atom stereocenters. The second kappa shape index (κ2) is 11.1. The highest BCUT2D eigenvalue weighted by atomic mass is 16.5. The maximum absolute atomic E-state index is 12.0. The zero-order chi connectivity index (χ0) is 23.0. The summed E-state index contributed by atoms with van der Waals surface area (Å²) in [5.74, 6) is -2.25. The Morgan fingerprint density at radius 3 is 2.55 bits per heavy atom. The lowest BCUT2D eigenvalue weighted by molar-refractivity contribution is -0.143. The topological polar surface area (TPSA) is 135 Å². The van der Waals surface area contributed by atoms with Crippen LogP contribution in [0.4, 0.5) is 0 Å². The van der Waals surface area contributed by atoms with E-state index in [4.69, 9.17) is 14.3 Å². The number of unbranched alkanes of at least 4 members (excludes halogenated alkanes) is 1. The molecular weight excluding hydrogens is 404 g/mol. The van der Waals surface area contributed by atoms with Gasteiger partial charge in [0.2, 0.25) is 5.91 Å². The molecule has 0 radical (unpaired) electrons. The SMILES string of the molecule is CCCCc1cc(=O)oc2cc(OCC(=O)NCC(=O)N[C@H](C(=O)O)C(C)C)ccc12. The van der Waals surface area contributed by atoms with Crippen LogP contribution in [0.5, 0.6) is 5.75 Å². The molecule has 3 N–H and O–H groups in total. The molecule has 0 aliphatic carbocycles. The van der Waals surface area contributed by atoms with Crippen LogP contribution in [0, 0.1) is 5.92 Å². The smallest absolute Gasteiger partial charge is 0.336 e. The third kappa shape index (κ3) is 7.13. The van der Waals surface area contributed by atoms with Gasteiger partial charge in [-0.05, 0) is 36.5 Å². The van der Waals surface area contributed by atoms with Gasteiger partial charge >= 0.3 is 11.6 Å². The molecule has 1 atom stereocenters. The molecule has 0 saturated carbocycles. The lowest BCUT2D eigenvalue weighted by Crippen LogP contribution is -2.48. The third-order valence-electron chi connectivity index (χ3n) is 4.67. The summed E-state index contributed by atoms with van der Waals surface area (Å²) in [4.78, 5) is 46.7. The molecule has 9 nitrogen and oxygen atoms in total. The van der Waals surface area contributed by atoms with E-state index in [1.54, 1.807) is 32.0 Å². The van der Waals surface area contributed by atoms with Crippen LogP contribution in [0.25, 0.3) is 11.0 Å². The third-order valence-corrected chi connectivity index (χ3v) is 4.67. The predicted octanol–water partition coefficient (Wildman–Crippen LogP) is 1.86. The summed E-state index contributed by atoms with van der Waals surface area (Å²) in [6.45, 7) is 4.69. The van der Waals surface area contributed by atoms with Gasteiger partial charge < -0.3 is 24.9 Å². The molecule has 1 aromatic heterocycles. The van der Waals surface area contributed by atoms with Crippen molar-refractivity contribution in [1.29, 1.82) is 0 Å². The van der Waals surface area contributed by atoms with Crippen molar-refractivity contribution in [2.75, 3.05) is 13.2 Å². The van der Waals surface area contributed by atoms with Crippen molar-refractivity contribution in [3.8, 4) is 5.75 Å². The van der Waals surface area contributed by atoms with E-state index in [1.807, 2.05) is 0 Å². The highest BCUT2D eigenvalue weighted by Crippen LogP contribution is 2.23. The maximum Gasteiger partial charge on any atom is 0.336 e. The van der Waals surface area contributed by atoms with Gasteiger partial charge in [-0.15, -0.1) is 0 Å². The summed E-state index contributed by atoms with van der Waals surface area (Å²) in [5, 5.41) is 14.6. The first-order valence-corrected chi connectivity index (χ1v) is 10.2. The lowest BCUT2D eigenvalue weighted by atomic mass is 10.0. The van der Waals surface area contributed by atoms with Gasteiger partial charge in [0.25, 0.3) is 5.91 Å². The van der Waals surface area contributed by atoms with E-state index in [0.717, 1.165) is 30.2 Å². The quantitative estimate of drug-likeness (QED) is 0.461. The summed E-state index contributed by atoms with van der Waals surface area (Å²) in [5.41, 5.74) is 0.842. The minimum absolute atomic E-state index is 0.295. The van der Waals surface area contributed by atoms with Crippen LogP contribution < -0.4 is 21.0 Å². The molecule has 168 valence electrons. The number of carbonyl (C=O) groups excluding carboxylic acids is 2. The molecular formula is C22H28N2O7. The predicted molar refractivity (Wildman–Crippen MR) is 114 cm³/mol. The number of aryl methyl sites for hydroxylation is 1. The molecule has 1 aromatic carbocycles. The average Bonchev–Trinajstić information content (AvgIpc) is 2.71. The maximum atomic E-state index is 12.0. The van der Waals surface area contributed by atoms with Gasteiger partial charge in [-0.25, -0.2) is 9.59 Å². The highest BCUT2D eigenvalue weighted by molar-refractivity contribution is 5.88. The fourth-order valence-corrected chi connectivity index (χ4v) is 2.99. The average molecular weight is 432 g/mol. The number of rotatable bonds is 11. The first-order valence-electron chi connectivity index (χ1n) is 10.2. The van der Waals surface area contributed by atoms with Crippen LogP contribution in [-0.4, -0.2) is 42.1 Å². The summed E-state index contributed by atoms with van der Waals surface area (Å²) in [7, 11) is 0. The van der Waals surface area contributed by atoms with E-state index >= 15 is 0 Å². The number of fused-ring (bicyclic) bond motifs is 1. The molecule has 31 heavy (non-hydrogen) atoms. The van der Waals surface area contributed by atoms with E-state index in [9.17, 15) is 19.2 Å². The van der Waals surface area contributed by atoms with Crippen molar-refractivity contribution in [2.45, 2.75) is 46.1 Å². The number of hydrogen-bond acceptors (Lipinski definition) is 6. The molecule has 0 aliphatic heterocycles. The van der Waals surface area contributed by atoms with E-state index in [2.05, 4.69) is 17.6 Å². The van der Waals surface area contributed by atoms with E-state index in [-0.39, 0.29) is 19.1 Å². The highest BCUT2D eigenvalue weighted by Gasteiger charge is 2.23. The van der Waals surface area contributed by atoms with Crippen molar-refractivity contribution >= 4 is 28.8 Å². The lowest BCUT2D eigenvalue weighted by Gasteiger charge is -2.18. The largest absolute Gasteiger partial charge is 0.484 e. The van der Waals surface area contributed by atoms with Crippen molar-refractivity contribution in [2.24, 2.45) is 5.92 Å². The molecule has 2 aromatic rings. The van der Waals surface area contributed by atoms with Crippen LogP contribution in [-0.2, 0) is 20.8 Å². The number of nitrogens with one attached hydrogen (secondary N) is 2. The van der Waals surface area contributed by atoms with Gasteiger partial charge in [0.15, 0.2) is 6.61 Å². The minimum Gasteiger partial charge on any atom is -0.484 e. The molecule has 0 spiro atoms. The number of carbonyl (C=O) groups is 3. The molecule has 0 fully saturated rings. The fraction of sp³-hybridized carbons (Fsp3) is 0.455. The normalized spacial score (nSPS) is 11.9. The monoisotopic (exact) mass is 432 g/mol. The van der Waals surface area contributed by atoms with Crippen LogP contribution in [0.2, 0.25) is 0 Å². The molecule has 0 bridgehead atoms. The standard InChI is InChI=1S/C22H28N2O7/c1-4-5-6-14-9-20(27)31-17-10-15(7-8-16(14)17)30-12-19(26)23-11-18(25)24-21(13(2)3)22(28)29/h7-10,13,21H,4-6,11-12H2,1-3H3,(H,23,26)(H,24,25)(H,28,29)/t21-/m0/s1. The van der Waals surface area contributed by atoms with Crippen molar-refractivity contribution in [1.82, 2.24) is 10.6 Å². The Balaban J connectivity index is 1.92. The second-order valence-corrected chi connectivity index (χ2v) is 7.55. The minimum atomic E-state index is -1.14. The van der Waals surface area contributed by atoms with Crippen LogP contribution in [0.15, 0.2) is 33.5 Å². The molecule has 2 rings (SSSR count). The van der Waals surface area contributed by atoms with E-state index in [0.29, 0.717) is 11.3 Å². The first kappa shape index (κ1) is 23.9. The Bertz CT molecular complexity index is 997. The Morgan fingerprint density at radius 1 is 1.16 bits per heavy atom. The Kier molecular flexibility index (Phi) is 8.60. The number of amides is 2. The van der Waals surface area contributed by atoms with Gasteiger partial charge in [-0.1, -0.05) is 27.2 Å². The van der Waals surface area contributed by atoms with E-state index in [1.165, 1.54) is 6.07 Å². The van der Waals surface area contributed by atoms with Gasteiger partial charge in [-0.2, -0.15) is 0 Å². The summed E-state index contributed by atoms with van der Waals surface area (Å²) in [6.07, 6.45) is 2.72. The second-order valence-electron chi connectivity index (χ2n) is 7.55. The van der Waals surface area contributed by atoms with Crippen LogP contribution in [0.3, 0.4) is 0 Å². The molecule has 0 saturated heterocycles. The van der Waals surface area contributed by atoms with Gasteiger partial charge in [0, 0.05) is 17.5 Å². The Hall–Kier alpha value is -3.36. The molecule has 1 heterocycles. The first-order chi connectivity index (χ1) is 14.7. The number of ether oxygens (including phenoxy) is 1. The van der Waals surface area contributed by atoms with Crippen molar-refractivity contribution in [3.63, 3.8) is 0 Å². The fourth-order valence-electron chi connectivity index (χ4n) is 2.99. The molecule has 0 aliphatic rings. The zero-order valence-corrected chi connectivity index (χ0v) is 17.9. The van der Waals surface area contributed by atoms with Crippen molar-refractivity contribution in [3.05, 3.63) is 40.2 Å². The van der Waals surface area contributed by atoms with E-state index < -0.39 is 29.5 Å². The summed E-state index contributed by atoms with van der Waals surface area (Å²) in [6, 6.07) is 5.46. The number of benzene rings is 1. The molecule has 9 heteroatoms. The molecule has 2 amide bonds. The van der Waals surface area contributed by atoms with Gasteiger partial charge in [-0.3, -0.25) is 9.59 Å². The summed E-state index contributed by atoms with van der Waals surface area (Å²) < 4.78 is 10.7. The Morgan fingerprint density at radius 2 is 1.90 bits per heavy atom. The zero-order valence-electron chi connectivity index (χ0n) is 17.9. The number of aliphatic carboxylic acids is 1. The Labute approximate surface area is 179 Å². The van der Waals surface area contributed by atoms with Gasteiger partial charge in [0.1, 0.15) is 17.4 Å². The number of carboxylic acid groups (broad SMARTS) is 1. The number of hydrogen-bond donors (Lipinski definition) is 3. The van der Waals surface area contributed by atoms with Crippen molar-refractivity contribution < 1.29 is 28.6 Å².